The van der Waals surface area contributed by atoms with Crippen LogP contribution in [0.25, 0.3) is 10.9 Å². The molecule has 1 fully saturated rings. The lowest BCUT2D eigenvalue weighted by Crippen LogP contribution is -2.37. The van der Waals surface area contributed by atoms with E-state index < -0.39 is 10.9 Å². The fraction of sp³-hybridized carbons (Fsp3) is 0.318. The van der Waals surface area contributed by atoms with E-state index in [2.05, 4.69) is 4.98 Å². The van der Waals surface area contributed by atoms with Gasteiger partial charge >= 0.3 is 5.97 Å². The second-order valence-corrected chi connectivity index (χ2v) is 8.08. The van der Waals surface area contributed by atoms with Crippen molar-refractivity contribution in [2.24, 2.45) is 5.92 Å². The van der Waals surface area contributed by atoms with Gasteiger partial charge in [0.1, 0.15) is 5.69 Å². The molecular formula is C22H21N5O6. The molecule has 1 saturated heterocycles. The molecule has 0 aliphatic carbocycles. The number of aliphatic carboxylic acids is 1. The average molecular weight is 451 g/mol. The summed E-state index contributed by atoms with van der Waals surface area (Å²) in [6.45, 7) is 1.17. The van der Waals surface area contributed by atoms with E-state index in [1.807, 2.05) is 23.1 Å². The number of aromatic nitrogens is 2. The summed E-state index contributed by atoms with van der Waals surface area (Å²) >= 11 is 0. The Kier molecular flexibility index (Phi) is 5.08. The van der Waals surface area contributed by atoms with Crippen LogP contribution >= 0.6 is 0 Å². The van der Waals surface area contributed by atoms with Crippen LogP contribution in [-0.4, -0.2) is 45.8 Å². The molecule has 0 amide bonds. The number of anilines is 2. The molecule has 11 heteroatoms. The summed E-state index contributed by atoms with van der Waals surface area (Å²) in [7, 11) is 0. The number of carboxylic acids is 1. The molecular weight excluding hydrogens is 430 g/mol. The zero-order valence-electron chi connectivity index (χ0n) is 17.6. The third kappa shape index (κ3) is 3.81. The summed E-state index contributed by atoms with van der Waals surface area (Å²) in [5.74, 6) is 0.560. The fourth-order valence-corrected chi connectivity index (χ4v) is 4.30. The van der Waals surface area contributed by atoms with Gasteiger partial charge in [-0.1, -0.05) is 6.07 Å². The number of nitrogen functional groups attached to an aromatic ring is 1. The van der Waals surface area contributed by atoms with E-state index in [0.29, 0.717) is 66.4 Å². The predicted octanol–water partition coefficient (Wildman–Crippen LogP) is 2.74. The first-order chi connectivity index (χ1) is 15.9. The molecule has 1 aromatic heterocycles. The number of carbonyl (C=O) groups is 1. The number of hydrogen-bond acceptors (Lipinski definition) is 9. The molecule has 3 heterocycles. The van der Waals surface area contributed by atoms with Crippen LogP contribution in [0.15, 0.2) is 30.3 Å². The van der Waals surface area contributed by atoms with Gasteiger partial charge in [-0.2, -0.15) is 0 Å². The van der Waals surface area contributed by atoms with Crippen LogP contribution in [-0.2, 0) is 11.2 Å². The normalized spacial score (nSPS) is 15.7. The number of fused-ring (bicyclic) bond motifs is 2. The predicted molar refractivity (Wildman–Crippen MR) is 119 cm³/mol. The van der Waals surface area contributed by atoms with E-state index in [9.17, 15) is 20.0 Å². The van der Waals surface area contributed by atoms with Gasteiger partial charge < -0.3 is 25.2 Å². The Morgan fingerprint density at radius 3 is 2.67 bits per heavy atom. The molecule has 33 heavy (non-hydrogen) atoms. The standard InChI is InChI=1S/C22H21N5O6/c23-20-16(27(30)31)3-2-14-19(20)15(9-12-1-4-17-18(10-12)33-11-32-17)25-22(24-14)26-7-5-13(6-8-26)21(28)29/h1-4,10,13H,5-9,11,23H2,(H,28,29). The summed E-state index contributed by atoms with van der Waals surface area (Å²) in [6, 6.07) is 8.46. The molecule has 0 saturated carbocycles. The van der Waals surface area contributed by atoms with Crippen LogP contribution in [0, 0.1) is 16.0 Å². The molecule has 2 aromatic carbocycles. The lowest BCUT2D eigenvalue weighted by atomic mass is 9.97. The second kappa shape index (κ2) is 8.08. The molecule has 5 rings (SSSR count). The zero-order valence-corrected chi connectivity index (χ0v) is 17.6. The van der Waals surface area contributed by atoms with E-state index in [1.165, 1.54) is 6.07 Å². The first-order valence-electron chi connectivity index (χ1n) is 10.5. The topological polar surface area (TPSA) is 154 Å². The maximum Gasteiger partial charge on any atom is 0.306 e. The van der Waals surface area contributed by atoms with Gasteiger partial charge in [0.2, 0.25) is 12.7 Å². The van der Waals surface area contributed by atoms with Crippen molar-refractivity contribution < 1.29 is 24.3 Å². The molecule has 2 aliphatic rings. The quantitative estimate of drug-likeness (QED) is 0.336. The summed E-state index contributed by atoms with van der Waals surface area (Å²) in [5.41, 5.74) is 7.94. The monoisotopic (exact) mass is 451 g/mol. The Labute approximate surface area is 187 Å². The lowest BCUT2D eigenvalue weighted by molar-refractivity contribution is -0.383. The third-order valence-corrected chi connectivity index (χ3v) is 6.08. The van der Waals surface area contributed by atoms with Crippen molar-refractivity contribution in [3.63, 3.8) is 0 Å². The van der Waals surface area contributed by atoms with Crippen LogP contribution in [0.2, 0.25) is 0 Å². The Hall–Kier alpha value is -4.15. The molecule has 170 valence electrons. The van der Waals surface area contributed by atoms with E-state index in [0.717, 1.165) is 5.56 Å². The van der Waals surface area contributed by atoms with Crippen LogP contribution in [0.5, 0.6) is 11.5 Å². The number of nitro benzene ring substituents is 1. The van der Waals surface area contributed by atoms with E-state index >= 15 is 0 Å². The zero-order chi connectivity index (χ0) is 23.1. The van der Waals surface area contributed by atoms with Gasteiger partial charge in [-0.15, -0.1) is 0 Å². The number of nitrogens with zero attached hydrogens (tertiary/aromatic N) is 4. The Bertz CT molecular complexity index is 1270. The minimum atomic E-state index is -0.794. The molecule has 3 aromatic rings. The maximum absolute atomic E-state index is 11.5. The number of carboxylic acid groups (broad SMARTS) is 1. The highest BCUT2D eigenvalue weighted by molar-refractivity contribution is 5.97. The maximum atomic E-state index is 11.5. The first-order valence-corrected chi connectivity index (χ1v) is 10.5. The number of hydrogen-bond donors (Lipinski definition) is 2. The molecule has 2 aliphatic heterocycles. The van der Waals surface area contributed by atoms with Crippen molar-refractivity contribution in [2.45, 2.75) is 19.3 Å². The summed E-state index contributed by atoms with van der Waals surface area (Å²) in [6.07, 6.45) is 1.34. The number of ether oxygens (including phenoxy) is 2. The van der Waals surface area contributed by atoms with Crippen molar-refractivity contribution in [1.82, 2.24) is 9.97 Å². The number of rotatable bonds is 5. The largest absolute Gasteiger partial charge is 0.481 e. The summed E-state index contributed by atoms with van der Waals surface area (Å²) < 4.78 is 10.8. The van der Waals surface area contributed by atoms with Crippen LogP contribution in [0.1, 0.15) is 24.1 Å². The fourth-order valence-electron chi connectivity index (χ4n) is 4.30. The van der Waals surface area contributed by atoms with Gasteiger partial charge in [0.05, 0.1) is 27.4 Å². The van der Waals surface area contributed by atoms with Gasteiger partial charge in [-0.05, 0) is 36.6 Å². The second-order valence-electron chi connectivity index (χ2n) is 8.08. The minimum absolute atomic E-state index is 0.0179. The number of piperidine rings is 1. The average Bonchev–Trinajstić information content (AvgIpc) is 3.26. The van der Waals surface area contributed by atoms with Crippen molar-refractivity contribution in [3.05, 3.63) is 51.7 Å². The number of benzene rings is 2. The summed E-state index contributed by atoms with van der Waals surface area (Å²) in [5, 5.41) is 21.2. The molecule has 0 spiro atoms. The Morgan fingerprint density at radius 1 is 1.18 bits per heavy atom. The number of nitro groups is 1. The molecule has 0 radical (unpaired) electrons. The van der Waals surface area contributed by atoms with Crippen LogP contribution in [0.4, 0.5) is 17.3 Å². The minimum Gasteiger partial charge on any atom is -0.481 e. The molecule has 11 nitrogen and oxygen atoms in total. The van der Waals surface area contributed by atoms with Gasteiger partial charge in [-0.3, -0.25) is 14.9 Å². The summed E-state index contributed by atoms with van der Waals surface area (Å²) in [4.78, 5) is 33.5. The van der Waals surface area contributed by atoms with Gasteiger partial charge in [0, 0.05) is 25.6 Å². The highest BCUT2D eigenvalue weighted by Gasteiger charge is 2.27. The highest BCUT2D eigenvalue weighted by atomic mass is 16.7. The molecule has 0 atom stereocenters. The molecule has 3 N–H and O–H groups in total. The molecule has 0 bridgehead atoms. The Balaban J connectivity index is 1.57. The first kappa shape index (κ1) is 20.7. The van der Waals surface area contributed by atoms with Crippen molar-refractivity contribution in [2.75, 3.05) is 30.5 Å². The van der Waals surface area contributed by atoms with E-state index in [-0.39, 0.29) is 24.1 Å². The molecule has 0 unspecified atom stereocenters. The number of nitrogens with two attached hydrogens (primary N) is 1. The Morgan fingerprint density at radius 2 is 1.94 bits per heavy atom. The van der Waals surface area contributed by atoms with Crippen LogP contribution in [0.3, 0.4) is 0 Å². The van der Waals surface area contributed by atoms with Gasteiger partial charge in [0.15, 0.2) is 11.5 Å². The van der Waals surface area contributed by atoms with Crippen molar-refractivity contribution in [1.29, 1.82) is 0 Å². The van der Waals surface area contributed by atoms with Crippen molar-refractivity contribution >= 4 is 34.2 Å². The lowest BCUT2D eigenvalue weighted by Gasteiger charge is -2.30. The van der Waals surface area contributed by atoms with Crippen LogP contribution < -0.4 is 20.1 Å². The van der Waals surface area contributed by atoms with Gasteiger partial charge in [0.25, 0.3) is 5.69 Å². The smallest absolute Gasteiger partial charge is 0.306 e. The van der Waals surface area contributed by atoms with Gasteiger partial charge in [-0.25, -0.2) is 9.97 Å². The van der Waals surface area contributed by atoms with E-state index in [1.54, 1.807) is 6.07 Å². The van der Waals surface area contributed by atoms with E-state index in [4.69, 9.17) is 20.2 Å². The third-order valence-electron chi connectivity index (χ3n) is 6.08. The SMILES string of the molecule is Nc1c([N+](=O)[O-])ccc2nc(N3CCC(C(=O)O)CC3)nc(Cc3ccc4c(c3)OCO4)c12. The highest BCUT2D eigenvalue weighted by Crippen LogP contribution is 2.36. The van der Waals surface area contributed by atoms with Crippen molar-refractivity contribution in [3.8, 4) is 11.5 Å².